The Labute approximate surface area is 136 Å². The minimum atomic E-state index is -4.47. The van der Waals surface area contributed by atoms with Gasteiger partial charge in [0.15, 0.2) is 0 Å². The van der Waals surface area contributed by atoms with Crippen molar-refractivity contribution in [3.63, 3.8) is 0 Å². The summed E-state index contributed by atoms with van der Waals surface area (Å²) in [4.78, 5) is 11.1. The molecule has 0 bridgehead atoms. The molecular formula is C17H16F3NO3. The van der Waals surface area contributed by atoms with E-state index in [-0.39, 0.29) is 24.2 Å². The number of aliphatic hydroxyl groups excluding tert-OH is 1. The average molecular weight is 339 g/mol. The second kappa shape index (κ2) is 7.46. The number of aromatic carboxylic acids is 1. The van der Waals surface area contributed by atoms with Crippen LogP contribution in [0, 0.1) is 0 Å². The van der Waals surface area contributed by atoms with E-state index in [1.807, 2.05) is 0 Å². The van der Waals surface area contributed by atoms with Crippen LogP contribution in [0.3, 0.4) is 0 Å². The van der Waals surface area contributed by atoms with Crippen molar-refractivity contribution >= 4 is 5.97 Å². The van der Waals surface area contributed by atoms with Gasteiger partial charge in [-0.2, -0.15) is 13.2 Å². The molecule has 0 saturated heterocycles. The molecule has 0 fully saturated rings. The maximum absolute atomic E-state index is 12.7. The number of benzene rings is 2. The van der Waals surface area contributed by atoms with Gasteiger partial charge in [-0.25, -0.2) is 4.79 Å². The van der Waals surface area contributed by atoms with E-state index >= 15 is 0 Å². The Hall–Kier alpha value is -2.38. The first kappa shape index (κ1) is 18.0. The summed E-state index contributed by atoms with van der Waals surface area (Å²) in [7, 11) is 0. The number of hydrogen-bond acceptors (Lipinski definition) is 3. The van der Waals surface area contributed by atoms with Gasteiger partial charge in [0.25, 0.3) is 0 Å². The number of alkyl halides is 3. The van der Waals surface area contributed by atoms with Crippen molar-refractivity contribution in [1.29, 1.82) is 0 Å². The number of hydrogen-bond donors (Lipinski definition) is 3. The maximum Gasteiger partial charge on any atom is 0.416 e. The van der Waals surface area contributed by atoms with Crippen molar-refractivity contribution in [3.8, 4) is 0 Å². The minimum Gasteiger partial charge on any atom is -0.478 e. The largest absolute Gasteiger partial charge is 0.478 e. The lowest BCUT2D eigenvalue weighted by molar-refractivity contribution is -0.137. The molecule has 0 aliphatic heterocycles. The van der Waals surface area contributed by atoms with Gasteiger partial charge in [-0.15, -0.1) is 0 Å². The van der Waals surface area contributed by atoms with E-state index in [4.69, 9.17) is 5.11 Å². The maximum atomic E-state index is 12.7. The Balaban J connectivity index is 1.99. The molecule has 7 heteroatoms. The third-order valence-electron chi connectivity index (χ3n) is 3.50. The topological polar surface area (TPSA) is 69.6 Å². The highest BCUT2D eigenvalue weighted by molar-refractivity contribution is 5.89. The van der Waals surface area contributed by atoms with Crippen molar-refractivity contribution < 1.29 is 28.2 Å². The highest BCUT2D eigenvalue weighted by Crippen LogP contribution is 2.30. The summed E-state index contributed by atoms with van der Waals surface area (Å²) >= 11 is 0. The SMILES string of the molecule is O=C(O)c1ccccc1CNC[C@@H](O)c1cccc(C(F)(F)F)c1. The Morgan fingerprint density at radius 2 is 1.83 bits per heavy atom. The fourth-order valence-electron chi connectivity index (χ4n) is 2.27. The molecule has 128 valence electrons. The number of halogens is 3. The summed E-state index contributed by atoms with van der Waals surface area (Å²) < 4.78 is 38.0. The molecule has 0 amide bonds. The molecule has 1 atom stereocenters. The highest BCUT2D eigenvalue weighted by Gasteiger charge is 2.30. The number of rotatable bonds is 6. The number of carboxylic acid groups (broad SMARTS) is 1. The van der Waals surface area contributed by atoms with E-state index < -0.39 is 23.8 Å². The zero-order valence-electron chi connectivity index (χ0n) is 12.5. The molecule has 2 aromatic carbocycles. The Kier molecular flexibility index (Phi) is 5.58. The molecule has 0 aliphatic rings. The van der Waals surface area contributed by atoms with Crippen LogP contribution in [-0.2, 0) is 12.7 Å². The Bertz CT molecular complexity index is 716. The van der Waals surface area contributed by atoms with Crippen molar-refractivity contribution in [3.05, 3.63) is 70.8 Å². The molecule has 0 saturated carbocycles. The van der Waals surface area contributed by atoms with E-state index in [2.05, 4.69) is 5.32 Å². The predicted molar refractivity (Wildman–Crippen MR) is 81.5 cm³/mol. The summed E-state index contributed by atoms with van der Waals surface area (Å²) in [6.45, 7) is 0.174. The number of nitrogens with one attached hydrogen (secondary N) is 1. The van der Waals surface area contributed by atoms with Crippen LogP contribution >= 0.6 is 0 Å². The monoisotopic (exact) mass is 339 g/mol. The summed E-state index contributed by atoms with van der Waals surface area (Å²) in [5, 5.41) is 22.0. The summed E-state index contributed by atoms with van der Waals surface area (Å²) in [5.74, 6) is -1.06. The molecule has 0 heterocycles. The van der Waals surface area contributed by atoms with E-state index in [0.29, 0.717) is 5.56 Å². The van der Waals surface area contributed by atoms with E-state index in [1.165, 1.54) is 18.2 Å². The van der Waals surface area contributed by atoms with Crippen LogP contribution < -0.4 is 5.32 Å². The van der Waals surface area contributed by atoms with Gasteiger partial charge >= 0.3 is 12.1 Å². The van der Waals surface area contributed by atoms with Gasteiger partial charge in [0.05, 0.1) is 17.2 Å². The molecule has 3 N–H and O–H groups in total. The summed E-state index contributed by atoms with van der Waals surface area (Å²) in [6, 6.07) is 10.9. The Morgan fingerprint density at radius 1 is 1.12 bits per heavy atom. The molecule has 24 heavy (non-hydrogen) atoms. The van der Waals surface area contributed by atoms with Gasteiger partial charge < -0.3 is 15.5 Å². The van der Waals surface area contributed by atoms with Gasteiger partial charge in [0, 0.05) is 13.1 Å². The van der Waals surface area contributed by atoms with Gasteiger partial charge in [-0.1, -0.05) is 30.3 Å². The van der Waals surface area contributed by atoms with Crippen LogP contribution in [-0.4, -0.2) is 22.7 Å². The van der Waals surface area contributed by atoms with Crippen molar-refractivity contribution in [2.75, 3.05) is 6.54 Å². The first-order chi connectivity index (χ1) is 11.3. The third kappa shape index (κ3) is 4.56. The second-order valence-corrected chi connectivity index (χ2v) is 5.23. The third-order valence-corrected chi connectivity index (χ3v) is 3.50. The molecule has 0 spiro atoms. The zero-order valence-corrected chi connectivity index (χ0v) is 12.5. The molecular weight excluding hydrogens is 323 g/mol. The lowest BCUT2D eigenvalue weighted by Gasteiger charge is -2.15. The molecule has 4 nitrogen and oxygen atoms in total. The molecule has 2 rings (SSSR count). The lowest BCUT2D eigenvalue weighted by Crippen LogP contribution is -2.22. The Morgan fingerprint density at radius 3 is 2.50 bits per heavy atom. The van der Waals surface area contributed by atoms with E-state index in [9.17, 15) is 23.1 Å². The van der Waals surface area contributed by atoms with E-state index in [0.717, 1.165) is 12.1 Å². The molecule has 0 unspecified atom stereocenters. The van der Waals surface area contributed by atoms with Crippen LogP contribution in [0.1, 0.15) is 33.2 Å². The summed E-state index contributed by atoms with van der Waals surface area (Å²) in [6.07, 6.45) is -5.60. The fraction of sp³-hybridized carbons (Fsp3) is 0.235. The van der Waals surface area contributed by atoms with Gasteiger partial charge in [0.2, 0.25) is 0 Å². The smallest absolute Gasteiger partial charge is 0.416 e. The van der Waals surface area contributed by atoms with Crippen LogP contribution in [0.25, 0.3) is 0 Å². The number of aliphatic hydroxyl groups is 1. The van der Waals surface area contributed by atoms with Crippen LogP contribution in [0.2, 0.25) is 0 Å². The second-order valence-electron chi connectivity index (χ2n) is 5.23. The van der Waals surface area contributed by atoms with Crippen molar-refractivity contribution in [2.24, 2.45) is 0 Å². The van der Waals surface area contributed by atoms with Crippen molar-refractivity contribution in [1.82, 2.24) is 5.32 Å². The van der Waals surface area contributed by atoms with E-state index in [1.54, 1.807) is 18.2 Å². The van der Waals surface area contributed by atoms with Crippen molar-refractivity contribution in [2.45, 2.75) is 18.8 Å². The quantitative estimate of drug-likeness (QED) is 0.756. The molecule has 0 radical (unpaired) electrons. The standard InChI is InChI=1S/C17H16F3NO3/c18-17(19,20)13-6-3-5-11(8-13)15(22)10-21-9-12-4-1-2-7-14(12)16(23)24/h1-8,15,21-22H,9-10H2,(H,23,24)/t15-/m1/s1. The number of carboxylic acids is 1. The van der Waals surface area contributed by atoms with Crippen LogP contribution in [0.4, 0.5) is 13.2 Å². The number of carbonyl (C=O) groups is 1. The normalized spacial score (nSPS) is 12.8. The molecule has 0 aliphatic carbocycles. The highest BCUT2D eigenvalue weighted by atomic mass is 19.4. The first-order valence-corrected chi connectivity index (χ1v) is 7.16. The predicted octanol–water partition coefficient (Wildman–Crippen LogP) is 3.23. The molecule has 2 aromatic rings. The minimum absolute atomic E-state index is 0.00470. The van der Waals surface area contributed by atoms with Gasteiger partial charge in [-0.05, 0) is 29.3 Å². The van der Waals surface area contributed by atoms with Crippen LogP contribution in [0.15, 0.2) is 48.5 Å². The van der Waals surface area contributed by atoms with Gasteiger partial charge in [0.1, 0.15) is 0 Å². The van der Waals surface area contributed by atoms with Crippen LogP contribution in [0.5, 0.6) is 0 Å². The first-order valence-electron chi connectivity index (χ1n) is 7.16. The average Bonchev–Trinajstić information content (AvgIpc) is 2.54. The van der Waals surface area contributed by atoms with Gasteiger partial charge in [-0.3, -0.25) is 0 Å². The lowest BCUT2D eigenvalue weighted by atomic mass is 10.0. The zero-order chi connectivity index (χ0) is 17.7. The summed E-state index contributed by atoms with van der Waals surface area (Å²) in [5.41, 5.74) is -0.0149. The molecule has 0 aromatic heterocycles. The fourth-order valence-corrected chi connectivity index (χ4v) is 2.27.